The largest absolute Gasteiger partial charge is 0.484 e. The lowest BCUT2D eigenvalue weighted by Crippen LogP contribution is -2.10. The molecule has 1 aromatic heterocycles. The Morgan fingerprint density at radius 2 is 2.06 bits per heavy atom. The maximum absolute atomic E-state index is 11.8. The number of benzene rings is 1. The first-order valence-corrected chi connectivity index (χ1v) is 6.81. The van der Waals surface area contributed by atoms with E-state index in [2.05, 4.69) is 15.9 Å². The van der Waals surface area contributed by atoms with Gasteiger partial charge >= 0.3 is 0 Å². The molecule has 0 saturated heterocycles. The van der Waals surface area contributed by atoms with Crippen molar-refractivity contribution in [3.8, 4) is 5.75 Å². The maximum Gasteiger partial charge on any atom is 0.210 e. The van der Waals surface area contributed by atoms with E-state index in [9.17, 15) is 4.79 Å². The van der Waals surface area contributed by atoms with Crippen molar-refractivity contribution in [2.75, 3.05) is 6.61 Å². The molecule has 88 valence electrons. The second-order valence-corrected chi connectivity index (χ2v) is 5.82. The van der Waals surface area contributed by atoms with Crippen LogP contribution in [0.15, 0.2) is 40.9 Å². The summed E-state index contributed by atoms with van der Waals surface area (Å²) < 4.78 is 6.87. The molecule has 17 heavy (non-hydrogen) atoms. The molecular weight excluding hydrogens is 324 g/mol. The lowest BCUT2D eigenvalue weighted by atomic mass is 10.3. The zero-order valence-corrected chi connectivity index (χ0v) is 11.8. The van der Waals surface area contributed by atoms with E-state index < -0.39 is 0 Å². The van der Waals surface area contributed by atoms with Crippen LogP contribution in [0, 0.1) is 0 Å². The molecule has 0 amide bonds. The van der Waals surface area contributed by atoms with Gasteiger partial charge in [-0.25, -0.2) is 0 Å². The SMILES string of the molecule is O=C(COc1ccccc1Br)c1ccc(Cl)s1. The molecule has 0 bridgehead atoms. The van der Waals surface area contributed by atoms with Gasteiger partial charge in [-0.1, -0.05) is 23.7 Å². The van der Waals surface area contributed by atoms with Crippen LogP contribution >= 0.6 is 38.9 Å². The van der Waals surface area contributed by atoms with Gasteiger partial charge in [0.05, 0.1) is 13.7 Å². The number of Topliss-reactive ketones (excluding diaryl/α,β-unsaturated/α-hetero) is 1. The highest BCUT2D eigenvalue weighted by atomic mass is 79.9. The second-order valence-electron chi connectivity index (χ2n) is 3.25. The predicted octanol–water partition coefficient (Wildman–Crippen LogP) is 4.43. The van der Waals surface area contributed by atoms with Crippen LogP contribution in [0.4, 0.5) is 0 Å². The molecule has 0 radical (unpaired) electrons. The Balaban J connectivity index is 1.99. The monoisotopic (exact) mass is 330 g/mol. The van der Waals surface area contributed by atoms with E-state index in [1.165, 1.54) is 11.3 Å². The van der Waals surface area contributed by atoms with Crippen molar-refractivity contribution in [1.29, 1.82) is 0 Å². The molecule has 2 rings (SSSR count). The quantitative estimate of drug-likeness (QED) is 0.775. The minimum absolute atomic E-state index is 0.0133. The van der Waals surface area contributed by atoms with E-state index in [1.807, 2.05) is 18.2 Å². The van der Waals surface area contributed by atoms with Crippen LogP contribution in [-0.4, -0.2) is 12.4 Å². The number of hydrogen-bond donors (Lipinski definition) is 0. The van der Waals surface area contributed by atoms with Crippen LogP contribution in [0.1, 0.15) is 9.67 Å². The molecule has 1 aromatic carbocycles. The lowest BCUT2D eigenvalue weighted by Gasteiger charge is -2.05. The number of para-hydroxylation sites is 1. The summed E-state index contributed by atoms with van der Waals surface area (Å²) in [6.07, 6.45) is 0. The highest BCUT2D eigenvalue weighted by Gasteiger charge is 2.10. The summed E-state index contributed by atoms with van der Waals surface area (Å²) >= 11 is 10.4. The summed E-state index contributed by atoms with van der Waals surface area (Å²) in [6.45, 7) is 0.0133. The second kappa shape index (κ2) is 5.67. The Morgan fingerprint density at radius 3 is 2.71 bits per heavy atom. The third-order valence-electron chi connectivity index (χ3n) is 2.04. The number of ether oxygens (including phenoxy) is 1. The van der Waals surface area contributed by atoms with Gasteiger partial charge in [-0.2, -0.15) is 0 Å². The third kappa shape index (κ3) is 3.31. The van der Waals surface area contributed by atoms with Crippen LogP contribution in [0.25, 0.3) is 0 Å². The van der Waals surface area contributed by atoms with E-state index in [1.54, 1.807) is 18.2 Å². The fourth-order valence-corrected chi connectivity index (χ4v) is 2.61. The van der Waals surface area contributed by atoms with Crippen LogP contribution in [-0.2, 0) is 0 Å². The molecule has 5 heteroatoms. The third-order valence-corrected chi connectivity index (χ3v) is 3.97. The van der Waals surface area contributed by atoms with Gasteiger partial charge in [-0.3, -0.25) is 4.79 Å². The Bertz CT molecular complexity index is 539. The van der Waals surface area contributed by atoms with Crippen molar-refractivity contribution in [2.24, 2.45) is 0 Å². The Labute approximate surface area is 116 Å². The first-order chi connectivity index (χ1) is 8.16. The number of rotatable bonds is 4. The Kier molecular flexibility index (Phi) is 4.20. The van der Waals surface area contributed by atoms with Gasteiger partial charge in [0.1, 0.15) is 5.75 Å². The number of thiophene rings is 1. The van der Waals surface area contributed by atoms with E-state index in [0.29, 0.717) is 15.0 Å². The van der Waals surface area contributed by atoms with E-state index >= 15 is 0 Å². The molecule has 0 spiro atoms. The molecule has 0 aliphatic carbocycles. The summed E-state index contributed by atoms with van der Waals surface area (Å²) in [7, 11) is 0. The number of halogens is 2. The number of ketones is 1. The fourth-order valence-electron chi connectivity index (χ4n) is 1.24. The first-order valence-electron chi connectivity index (χ1n) is 4.82. The Hall–Kier alpha value is -0.840. The molecule has 2 aromatic rings. The van der Waals surface area contributed by atoms with E-state index in [0.717, 1.165) is 4.47 Å². The summed E-state index contributed by atoms with van der Waals surface area (Å²) in [4.78, 5) is 12.4. The van der Waals surface area contributed by atoms with E-state index in [-0.39, 0.29) is 12.4 Å². The van der Waals surface area contributed by atoms with Crippen molar-refractivity contribution >= 4 is 44.7 Å². The molecular formula is C12H8BrClO2S. The van der Waals surface area contributed by atoms with Crippen molar-refractivity contribution in [2.45, 2.75) is 0 Å². The van der Waals surface area contributed by atoms with Gasteiger partial charge in [0.25, 0.3) is 0 Å². The molecule has 2 nitrogen and oxygen atoms in total. The first kappa shape index (κ1) is 12.6. The molecule has 0 atom stereocenters. The van der Waals surface area contributed by atoms with Gasteiger partial charge in [0.15, 0.2) is 6.61 Å². The van der Waals surface area contributed by atoms with Crippen molar-refractivity contribution < 1.29 is 9.53 Å². The summed E-state index contributed by atoms with van der Waals surface area (Å²) in [6, 6.07) is 10.8. The van der Waals surface area contributed by atoms with Gasteiger partial charge in [-0.15, -0.1) is 11.3 Å². The molecule has 0 saturated carbocycles. The molecule has 0 aliphatic rings. The van der Waals surface area contributed by atoms with Crippen LogP contribution < -0.4 is 4.74 Å². The van der Waals surface area contributed by atoms with Gasteiger partial charge in [-0.05, 0) is 40.2 Å². The highest BCUT2D eigenvalue weighted by Crippen LogP contribution is 2.25. The fraction of sp³-hybridized carbons (Fsp3) is 0.0833. The van der Waals surface area contributed by atoms with Crippen molar-refractivity contribution in [3.63, 3.8) is 0 Å². The van der Waals surface area contributed by atoms with Crippen LogP contribution in [0.3, 0.4) is 0 Å². The van der Waals surface area contributed by atoms with E-state index in [4.69, 9.17) is 16.3 Å². The number of carbonyl (C=O) groups is 1. The molecule has 0 unspecified atom stereocenters. The minimum Gasteiger partial charge on any atom is -0.484 e. The molecule has 0 aliphatic heterocycles. The average Bonchev–Trinajstić information content (AvgIpc) is 2.74. The summed E-state index contributed by atoms with van der Waals surface area (Å²) in [5, 5.41) is 0. The van der Waals surface area contributed by atoms with Crippen molar-refractivity contribution in [3.05, 3.63) is 50.1 Å². The topological polar surface area (TPSA) is 26.3 Å². The molecule has 1 heterocycles. The zero-order chi connectivity index (χ0) is 12.3. The Morgan fingerprint density at radius 1 is 1.29 bits per heavy atom. The average molecular weight is 332 g/mol. The van der Waals surface area contributed by atoms with Crippen LogP contribution in [0.2, 0.25) is 4.34 Å². The summed E-state index contributed by atoms with van der Waals surface area (Å²) in [5.74, 6) is 0.584. The highest BCUT2D eigenvalue weighted by molar-refractivity contribution is 9.10. The maximum atomic E-state index is 11.8. The standard InChI is InChI=1S/C12H8BrClO2S/c13-8-3-1-2-4-10(8)16-7-9(15)11-5-6-12(14)17-11/h1-6H,7H2. The van der Waals surface area contributed by atoms with Gasteiger partial charge in [0.2, 0.25) is 5.78 Å². The normalized spacial score (nSPS) is 10.2. The van der Waals surface area contributed by atoms with Crippen molar-refractivity contribution in [1.82, 2.24) is 0 Å². The van der Waals surface area contributed by atoms with Crippen LogP contribution in [0.5, 0.6) is 5.75 Å². The lowest BCUT2D eigenvalue weighted by molar-refractivity contribution is 0.0925. The molecule has 0 fully saturated rings. The van der Waals surface area contributed by atoms with Gasteiger partial charge in [0, 0.05) is 0 Å². The zero-order valence-electron chi connectivity index (χ0n) is 8.65. The smallest absolute Gasteiger partial charge is 0.210 e. The molecule has 0 N–H and O–H groups in total. The minimum atomic E-state index is -0.0716. The summed E-state index contributed by atoms with van der Waals surface area (Å²) in [5.41, 5.74) is 0. The predicted molar refractivity (Wildman–Crippen MR) is 73.3 cm³/mol. The number of hydrogen-bond acceptors (Lipinski definition) is 3. The van der Waals surface area contributed by atoms with Gasteiger partial charge < -0.3 is 4.74 Å². The number of carbonyl (C=O) groups excluding carboxylic acids is 1.